The van der Waals surface area contributed by atoms with Crippen molar-refractivity contribution in [2.75, 3.05) is 13.7 Å². The van der Waals surface area contributed by atoms with Crippen LogP contribution in [0.15, 0.2) is 26.9 Å². The smallest absolute Gasteiger partial charge is 0.326 e. The summed E-state index contributed by atoms with van der Waals surface area (Å²) >= 11 is 1.55. The monoisotopic (exact) mass is 391 g/mol. The number of hydrogen-bond acceptors (Lipinski definition) is 5. The Kier molecular flexibility index (Phi) is 4.44. The summed E-state index contributed by atoms with van der Waals surface area (Å²) in [6.45, 7) is 2.12. The second kappa shape index (κ2) is 6.54. The number of nitrogens with one attached hydrogen (secondary N) is 2. The average molecular weight is 391 g/mol. The first-order valence-electron chi connectivity index (χ1n) is 8.99. The first-order valence-corrected chi connectivity index (χ1v) is 9.87. The van der Waals surface area contributed by atoms with Gasteiger partial charge in [0, 0.05) is 12.0 Å². The largest absolute Gasteiger partial charge is 0.374 e. The van der Waals surface area contributed by atoms with Crippen LogP contribution in [0, 0.1) is 5.92 Å². The number of fused-ring (bicyclic) bond motifs is 1. The highest BCUT2D eigenvalue weighted by molar-refractivity contribution is 7.10. The molecule has 4 N–H and O–H groups in total. The highest BCUT2D eigenvalue weighted by Crippen LogP contribution is 2.62. The molecule has 2 unspecified atom stereocenters. The van der Waals surface area contributed by atoms with Crippen LogP contribution in [0.3, 0.4) is 0 Å². The molecule has 2 aliphatic rings. The predicted molar refractivity (Wildman–Crippen MR) is 103 cm³/mol. The van der Waals surface area contributed by atoms with Crippen LogP contribution in [0.25, 0.3) is 5.57 Å². The number of halogens is 1. The van der Waals surface area contributed by atoms with Crippen LogP contribution in [-0.4, -0.2) is 23.6 Å². The van der Waals surface area contributed by atoms with Crippen LogP contribution in [0.1, 0.15) is 47.6 Å². The van der Waals surface area contributed by atoms with E-state index in [0.29, 0.717) is 12.2 Å². The van der Waals surface area contributed by atoms with Gasteiger partial charge in [-0.1, -0.05) is 0 Å². The van der Waals surface area contributed by atoms with E-state index in [0.717, 1.165) is 29.7 Å². The van der Waals surface area contributed by atoms with Gasteiger partial charge in [-0.05, 0) is 61.2 Å². The Morgan fingerprint density at radius 1 is 1.37 bits per heavy atom. The number of hydrogen-bond donors (Lipinski definition) is 3. The van der Waals surface area contributed by atoms with E-state index in [4.69, 9.17) is 10.5 Å². The molecule has 2 aromatic rings. The molecule has 144 valence electrons. The summed E-state index contributed by atoms with van der Waals surface area (Å²) in [5.74, 6) is -0.298. The zero-order chi connectivity index (χ0) is 19.3. The standard InChI is InChI=1S/C19H22FN3O3S/c1-9-13-14(22-18(25)23-17(13)24)16(26-2)19(15(9)20,10-3-4-10)11-7-12(5-6-21)27-8-11/h7-8,10,16H,3-6,21H2,1-2H3,(H2,22,23,24,25). The van der Waals surface area contributed by atoms with Crippen molar-refractivity contribution in [3.63, 3.8) is 0 Å². The second-order valence-electron chi connectivity index (χ2n) is 7.24. The molecule has 0 aromatic carbocycles. The third kappa shape index (κ3) is 2.58. The van der Waals surface area contributed by atoms with Crippen LogP contribution in [0.5, 0.6) is 0 Å². The summed E-state index contributed by atoms with van der Waals surface area (Å²) in [4.78, 5) is 30.3. The van der Waals surface area contributed by atoms with Gasteiger partial charge in [0.25, 0.3) is 5.56 Å². The van der Waals surface area contributed by atoms with E-state index in [1.165, 1.54) is 7.11 Å². The third-order valence-corrected chi connectivity index (χ3v) is 6.69. The van der Waals surface area contributed by atoms with Gasteiger partial charge < -0.3 is 15.5 Å². The molecule has 0 bridgehead atoms. The molecule has 2 aromatic heterocycles. The van der Waals surface area contributed by atoms with E-state index in [9.17, 15) is 9.59 Å². The number of nitrogens with two attached hydrogens (primary N) is 1. The molecule has 0 aliphatic heterocycles. The number of thiophene rings is 1. The minimum Gasteiger partial charge on any atom is -0.374 e. The number of methoxy groups -OCH3 is 1. The number of H-pyrrole nitrogens is 2. The molecule has 4 rings (SSSR count). The summed E-state index contributed by atoms with van der Waals surface area (Å²) in [5.41, 5.74) is 5.02. The Morgan fingerprint density at radius 2 is 2.11 bits per heavy atom. The lowest BCUT2D eigenvalue weighted by Gasteiger charge is -2.43. The average Bonchev–Trinajstić information content (AvgIpc) is 3.37. The van der Waals surface area contributed by atoms with Gasteiger partial charge in [-0.25, -0.2) is 9.18 Å². The summed E-state index contributed by atoms with van der Waals surface area (Å²) < 4.78 is 21.8. The van der Waals surface area contributed by atoms with Crippen molar-refractivity contribution in [3.8, 4) is 0 Å². The first-order chi connectivity index (χ1) is 12.9. The van der Waals surface area contributed by atoms with Gasteiger partial charge in [-0.15, -0.1) is 11.3 Å². The Labute approximate surface area is 159 Å². The second-order valence-corrected chi connectivity index (χ2v) is 8.23. The number of allylic oxidation sites excluding steroid dienone is 1. The predicted octanol–water partition coefficient (Wildman–Crippen LogP) is 2.38. The molecule has 0 saturated heterocycles. The van der Waals surface area contributed by atoms with Gasteiger partial charge in [-0.3, -0.25) is 9.78 Å². The first kappa shape index (κ1) is 18.3. The molecule has 0 spiro atoms. The van der Waals surface area contributed by atoms with Crippen molar-refractivity contribution in [1.29, 1.82) is 0 Å². The fourth-order valence-corrected chi connectivity index (χ4v) is 5.43. The minimum absolute atomic E-state index is 0.0497. The Hall–Kier alpha value is -2.03. The maximum absolute atomic E-state index is 16.0. The fraction of sp³-hybridized carbons (Fsp3) is 0.474. The maximum Gasteiger partial charge on any atom is 0.326 e. The van der Waals surface area contributed by atoms with E-state index in [2.05, 4.69) is 9.97 Å². The Balaban J connectivity index is 2.02. The number of aromatic nitrogens is 2. The summed E-state index contributed by atoms with van der Waals surface area (Å²) in [7, 11) is 1.49. The number of rotatable bonds is 5. The highest BCUT2D eigenvalue weighted by Gasteiger charge is 2.59. The topological polar surface area (TPSA) is 101 Å². The molecule has 27 heavy (non-hydrogen) atoms. The quantitative estimate of drug-likeness (QED) is 0.728. The maximum atomic E-state index is 16.0. The molecular weight excluding hydrogens is 369 g/mol. The number of ether oxygens (including phenoxy) is 1. The lowest BCUT2D eigenvalue weighted by molar-refractivity contribution is 0.0195. The molecule has 0 amide bonds. The SMILES string of the molecule is COC1c2[nH]c(=O)[nH]c(=O)c2C(C)=C(F)C1(c1csc(CCN)c1)C1CC1. The van der Waals surface area contributed by atoms with Gasteiger partial charge in [0.15, 0.2) is 0 Å². The molecule has 1 saturated carbocycles. The van der Waals surface area contributed by atoms with Crippen molar-refractivity contribution < 1.29 is 9.13 Å². The van der Waals surface area contributed by atoms with Gasteiger partial charge in [0.1, 0.15) is 11.9 Å². The minimum atomic E-state index is -1.04. The van der Waals surface area contributed by atoms with Crippen molar-refractivity contribution >= 4 is 16.9 Å². The molecule has 0 radical (unpaired) electrons. The normalized spacial score (nSPS) is 25.0. The van der Waals surface area contributed by atoms with Crippen LogP contribution in [-0.2, 0) is 16.6 Å². The van der Waals surface area contributed by atoms with Gasteiger partial charge in [0.05, 0.1) is 16.7 Å². The van der Waals surface area contributed by atoms with Crippen molar-refractivity contribution in [3.05, 3.63) is 59.8 Å². The summed E-state index contributed by atoms with van der Waals surface area (Å²) in [6, 6.07) is 1.99. The zero-order valence-electron chi connectivity index (χ0n) is 15.2. The summed E-state index contributed by atoms with van der Waals surface area (Å²) in [5, 5.41) is 1.96. The Bertz CT molecular complexity index is 1030. The fourth-order valence-electron chi connectivity index (χ4n) is 4.46. The van der Waals surface area contributed by atoms with Gasteiger partial charge in [0.2, 0.25) is 0 Å². The zero-order valence-corrected chi connectivity index (χ0v) is 16.0. The van der Waals surface area contributed by atoms with Gasteiger partial charge in [-0.2, -0.15) is 0 Å². The Morgan fingerprint density at radius 3 is 2.74 bits per heavy atom. The lowest BCUT2D eigenvalue weighted by atomic mass is 9.65. The molecular formula is C19H22FN3O3S. The van der Waals surface area contributed by atoms with Crippen LogP contribution < -0.4 is 17.0 Å². The van der Waals surface area contributed by atoms with E-state index in [1.807, 2.05) is 11.4 Å². The molecule has 2 heterocycles. The van der Waals surface area contributed by atoms with E-state index >= 15 is 4.39 Å². The molecule has 2 atom stereocenters. The van der Waals surface area contributed by atoms with Gasteiger partial charge >= 0.3 is 5.69 Å². The summed E-state index contributed by atoms with van der Waals surface area (Å²) in [6.07, 6.45) is 1.68. The van der Waals surface area contributed by atoms with Crippen LogP contribution in [0.4, 0.5) is 4.39 Å². The van der Waals surface area contributed by atoms with E-state index < -0.39 is 22.8 Å². The van der Waals surface area contributed by atoms with Crippen LogP contribution in [0.2, 0.25) is 0 Å². The number of aromatic amines is 2. The van der Waals surface area contributed by atoms with E-state index in [1.54, 1.807) is 18.3 Å². The molecule has 8 heteroatoms. The molecule has 6 nitrogen and oxygen atoms in total. The molecule has 2 aliphatic carbocycles. The van der Waals surface area contributed by atoms with Crippen molar-refractivity contribution in [1.82, 2.24) is 9.97 Å². The van der Waals surface area contributed by atoms with Crippen molar-refractivity contribution in [2.45, 2.75) is 37.7 Å². The van der Waals surface area contributed by atoms with E-state index in [-0.39, 0.29) is 22.9 Å². The molecule has 1 fully saturated rings. The van der Waals surface area contributed by atoms with Crippen LogP contribution >= 0.6 is 11.3 Å². The lowest BCUT2D eigenvalue weighted by Crippen LogP contribution is -2.44. The third-order valence-electron chi connectivity index (χ3n) is 5.69. The van der Waals surface area contributed by atoms with Crippen molar-refractivity contribution in [2.24, 2.45) is 11.7 Å². The highest BCUT2D eigenvalue weighted by atomic mass is 32.1.